The molecular formula is C19H27N3O2. The number of hydrogen-bond acceptors (Lipinski definition) is 3. The monoisotopic (exact) mass is 329 g/mol. The average molecular weight is 329 g/mol. The van der Waals surface area contributed by atoms with Crippen LogP contribution >= 0.6 is 0 Å². The van der Waals surface area contributed by atoms with Gasteiger partial charge in [0, 0.05) is 19.2 Å². The van der Waals surface area contributed by atoms with E-state index in [-0.39, 0.29) is 12.0 Å². The molecule has 24 heavy (non-hydrogen) atoms. The zero-order chi connectivity index (χ0) is 17.1. The maximum Gasteiger partial charge on any atom is 0.241 e. The molecule has 1 fully saturated rings. The minimum Gasteiger partial charge on any atom is -0.473 e. The Morgan fingerprint density at radius 1 is 1.38 bits per heavy atom. The van der Waals surface area contributed by atoms with Crippen LogP contribution in [0, 0.1) is 5.92 Å². The molecule has 130 valence electrons. The quantitative estimate of drug-likeness (QED) is 0.861. The van der Waals surface area contributed by atoms with Crippen molar-refractivity contribution in [2.45, 2.75) is 58.5 Å². The minimum absolute atomic E-state index is 0.0627. The van der Waals surface area contributed by atoms with Crippen molar-refractivity contribution in [2.75, 3.05) is 5.32 Å². The van der Waals surface area contributed by atoms with E-state index in [9.17, 15) is 4.79 Å². The number of carbonyl (C=O) groups excluding carboxylic acids is 1. The van der Waals surface area contributed by atoms with Gasteiger partial charge in [0.25, 0.3) is 0 Å². The first-order valence-corrected chi connectivity index (χ1v) is 8.96. The Morgan fingerprint density at radius 2 is 2.12 bits per heavy atom. The van der Waals surface area contributed by atoms with Gasteiger partial charge < -0.3 is 10.1 Å². The zero-order valence-corrected chi connectivity index (χ0v) is 14.8. The maximum atomic E-state index is 12.2. The number of nitrogens with one attached hydrogen (secondary N) is 1. The summed E-state index contributed by atoms with van der Waals surface area (Å²) in [6.07, 6.45) is 6.88. The van der Waals surface area contributed by atoms with Crippen LogP contribution in [0.2, 0.25) is 0 Å². The van der Waals surface area contributed by atoms with Gasteiger partial charge in [-0.3, -0.25) is 9.48 Å². The molecule has 0 bridgehead atoms. The third kappa shape index (κ3) is 3.89. The molecule has 0 aliphatic heterocycles. The van der Waals surface area contributed by atoms with Crippen molar-refractivity contribution in [1.29, 1.82) is 0 Å². The predicted octanol–water partition coefficient (Wildman–Crippen LogP) is 4.27. The van der Waals surface area contributed by atoms with Gasteiger partial charge in [0.05, 0.1) is 17.0 Å². The fourth-order valence-electron chi connectivity index (χ4n) is 3.48. The second kappa shape index (κ2) is 7.24. The number of aromatic nitrogens is 2. The molecule has 0 atom stereocenters. The predicted molar refractivity (Wildman–Crippen MR) is 96.3 cm³/mol. The van der Waals surface area contributed by atoms with Crippen molar-refractivity contribution in [3.05, 3.63) is 18.2 Å². The van der Waals surface area contributed by atoms with Gasteiger partial charge in [-0.15, -0.1) is 5.10 Å². The first-order valence-electron chi connectivity index (χ1n) is 8.96. The van der Waals surface area contributed by atoms with Crippen LogP contribution in [0.1, 0.15) is 52.4 Å². The molecule has 1 saturated carbocycles. The summed E-state index contributed by atoms with van der Waals surface area (Å²) in [5.74, 6) is 1.45. The lowest BCUT2D eigenvalue weighted by Gasteiger charge is -2.10. The van der Waals surface area contributed by atoms with E-state index in [1.165, 1.54) is 25.7 Å². The summed E-state index contributed by atoms with van der Waals surface area (Å²) in [6.45, 7) is 3.96. The van der Waals surface area contributed by atoms with Crippen LogP contribution in [0.3, 0.4) is 0 Å². The highest BCUT2D eigenvalue weighted by atomic mass is 16.5. The van der Waals surface area contributed by atoms with Gasteiger partial charge in [0.2, 0.25) is 11.8 Å². The molecule has 0 radical (unpaired) electrons. The fraction of sp³-hybridized carbons (Fsp3) is 0.579. The van der Waals surface area contributed by atoms with Crippen molar-refractivity contribution in [3.8, 4) is 5.88 Å². The van der Waals surface area contributed by atoms with E-state index in [2.05, 4.69) is 10.4 Å². The third-order valence-corrected chi connectivity index (χ3v) is 4.70. The van der Waals surface area contributed by atoms with Gasteiger partial charge >= 0.3 is 0 Å². The highest BCUT2D eigenvalue weighted by Crippen LogP contribution is 2.30. The van der Waals surface area contributed by atoms with E-state index in [4.69, 9.17) is 4.74 Å². The number of carbonyl (C=O) groups is 1. The molecule has 5 heteroatoms. The highest BCUT2D eigenvalue weighted by molar-refractivity contribution is 5.95. The van der Waals surface area contributed by atoms with E-state index in [0.29, 0.717) is 12.3 Å². The van der Waals surface area contributed by atoms with Gasteiger partial charge in [-0.2, -0.15) is 0 Å². The number of fused-ring (bicyclic) bond motifs is 1. The van der Waals surface area contributed by atoms with Gasteiger partial charge in [-0.05, 0) is 44.4 Å². The first kappa shape index (κ1) is 16.8. The minimum atomic E-state index is 0.0627. The van der Waals surface area contributed by atoms with Crippen LogP contribution in [0.4, 0.5) is 5.69 Å². The summed E-state index contributed by atoms with van der Waals surface area (Å²) >= 11 is 0. The van der Waals surface area contributed by atoms with E-state index in [1.54, 1.807) is 4.68 Å². The van der Waals surface area contributed by atoms with Gasteiger partial charge in [0.15, 0.2) is 0 Å². The molecule has 0 unspecified atom stereocenters. The molecule has 2 aromatic rings. The molecule has 3 rings (SSSR count). The molecule has 0 spiro atoms. The summed E-state index contributed by atoms with van der Waals surface area (Å²) in [7, 11) is 1.90. The molecule has 1 heterocycles. The Labute approximate surface area is 143 Å². The van der Waals surface area contributed by atoms with E-state index >= 15 is 0 Å². The number of rotatable bonds is 6. The summed E-state index contributed by atoms with van der Waals surface area (Å²) in [5, 5.41) is 8.37. The smallest absolute Gasteiger partial charge is 0.241 e. The Kier molecular flexibility index (Phi) is 5.07. The van der Waals surface area contributed by atoms with Crippen molar-refractivity contribution >= 4 is 22.5 Å². The highest BCUT2D eigenvalue weighted by Gasteiger charge is 2.17. The second-order valence-corrected chi connectivity index (χ2v) is 7.06. The Bertz CT molecular complexity index is 715. The zero-order valence-electron chi connectivity index (χ0n) is 14.8. The first-order chi connectivity index (χ1) is 11.5. The largest absolute Gasteiger partial charge is 0.473 e. The Balaban J connectivity index is 1.68. The summed E-state index contributed by atoms with van der Waals surface area (Å²) in [6, 6.07) is 5.85. The summed E-state index contributed by atoms with van der Waals surface area (Å²) < 4.78 is 7.58. The van der Waals surface area contributed by atoms with E-state index in [0.717, 1.165) is 28.9 Å². The maximum absolute atomic E-state index is 12.2. The van der Waals surface area contributed by atoms with Crippen LogP contribution in [-0.2, 0) is 11.8 Å². The van der Waals surface area contributed by atoms with E-state index < -0.39 is 0 Å². The lowest BCUT2D eigenvalue weighted by atomic mass is 10.0. The summed E-state index contributed by atoms with van der Waals surface area (Å²) in [5.41, 5.74) is 1.80. The average Bonchev–Trinajstić information content (AvgIpc) is 3.14. The normalized spacial score (nSPS) is 15.3. The van der Waals surface area contributed by atoms with Gasteiger partial charge in [-0.25, -0.2) is 0 Å². The lowest BCUT2D eigenvalue weighted by molar-refractivity contribution is -0.116. The molecule has 1 aliphatic carbocycles. The van der Waals surface area contributed by atoms with Gasteiger partial charge in [-0.1, -0.05) is 25.7 Å². The van der Waals surface area contributed by atoms with Crippen molar-refractivity contribution in [2.24, 2.45) is 13.0 Å². The van der Waals surface area contributed by atoms with Crippen LogP contribution in [0.25, 0.3) is 10.9 Å². The molecule has 5 nitrogen and oxygen atoms in total. The number of ether oxygens (including phenoxy) is 1. The molecule has 1 amide bonds. The molecule has 1 aromatic heterocycles. The molecule has 0 saturated heterocycles. The SMILES string of the molecule is CC(C)Oc1nn(C)c2ccc(NC(=O)CCC3CCCC3)cc12. The third-order valence-electron chi connectivity index (χ3n) is 4.70. The number of benzene rings is 1. The van der Waals surface area contributed by atoms with Crippen molar-refractivity contribution in [3.63, 3.8) is 0 Å². The molecule has 1 aromatic carbocycles. The fourth-order valence-corrected chi connectivity index (χ4v) is 3.48. The van der Waals surface area contributed by atoms with Crippen LogP contribution in [-0.4, -0.2) is 21.8 Å². The van der Waals surface area contributed by atoms with Crippen LogP contribution in [0.15, 0.2) is 18.2 Å². The second-order valence-electron chi connectivity index (χ2n) is 7.06. The number of hydrogen-bond donors (Lipinski definition) is 1. The van der Waals surface area contributed by atoms with Gasteiger partial charge in [0.1, 0.15) is 0 Å². The topological polar surface area (TPSA) is 56.1 Å². The number of amides is 1. The van der Waals surface area contributed by atoms with Crippen molar-refractivity contribution < 1.29 is 9.53 Å². The van der Waals surface area contributed by atoms with E-state index in [1.807, 2.05) is 39.1 Å². The lowest BCUT2D eigenvalue weighted by Crippen LogP contribution is -2.12. The molecular weight excluding hydrogens is 302 g/mol. The Morgan fingerprint density at radius 3 is 2.83 bits per heavy atom. The number of anilines is 1. The van der Waals surface area contributed by atoms with Crippen LogP contribution < -0.4 is 10.1 Å². The van der Waals surface area contributed by atoms with Crippen LogP contribution in [0.5, 0.6) is 5.88 Å². The molecule has 1 N–H and O–H groups in total. The number of nitrogens with zero attached hydrogens (tertiary/aromatic N) is 2. The number of aryl methyl sites for hydroxylation is 1. The molecule has 1 aliphatic rings. The summed E-state index contributed by atoms with van der Waals surface area (Å²) in [4.78, 5) is 12.2. The van der Waals surface area contributed by atoms with Crippen molar-refractivity contribution in [1.82, 2.24) is 9.78 Å². The Hall–Kier alpha value is -2.04. The standard InChI is InChI=1S/C19H27N3O2/c1-13(2)24-19-16-12-15(9-10-17(16)22(3)21-19)20-18(23)11-8-14-6-4-5-7-14/h9-10,12-14H,4-8,11H2,1-3H3,(H,20,23).